The molecule has 4 nitrogen and oxygen atoms in total. The Morgan fingerprint density at radius 1 is 1.04 bits per heavy atom. The van der Waals surface area contributed by atoms with Crippen molar-refractivity contribution in [3.8, 4) is 0 Å². The van der Waals surface area contributed by atoms with E-state index in [0.717, 1.165) is 29.9 Å². The highest BCUT2D eigenvalue weighted by atomic mass is 16.4. The fraction of sp³-hybridized carbons (Fsp3) is 0.238. The lowest BCUT2D eigenvalue weighted by Crippen LogP contribution is -2.04. The van der Waals surface area contributed by atoms with Gasteiger partial charge in [0.25, 0.3) is 0 Å². The summed E-state index contributed by atoms with van der Waals surface area (Å²) in [5.41, 5.74) is 7.27. The molecule has 128 valence electrons. The quantitative estimate of drug-likeness (QED) is 0.763. The van der Waals surface area contributed by atoms with Crippen molar-refractivity contribution in [3.63, 3.8) is 0 Å². The maximum absolute atomic E-state index is 11.0. The molecule has 0 aliphatic carbocycles. The molecule has 0 atom stereocenters. The zero-order chi connectivity index (χ0) is 18.0. The average molecular weight is 334 g/mol. The first kappa shape index (κ1) is 17.0. The van der Waals surface area contributed by atoms with Crippen molar-refractivity contribution < 1.29 is 9.90 Å². The molecule has 0 saturated carbocycles. The lowest BCUT2D eigenvalue weighted by atomic mass is 10.0. The van der Waals surface area contributed by atoms with Crippen LogP contribution in [0.1, 0.15) is 44.0 Å². The Bertz CT molecular complexity index is 908. The summed E-state index contributed by atoms with van der Waals surface area (Å²) >= 11 is 0. The van der Waals surface area contributed by atoms with Crippen LogP contribution in [0.3, 0.4) is 0 Å². The van der Waals surface area contributed by atoms with Gasteiger partial charge in [-0.25, -0.2) is 4.79 Å². The Morgan fingerprint density at radius 3 is 2.40 bits per heavy atom. The normalized spacial score (nSPS) is 10.8. The summed E-state index contributed by atoms with van der Waals surface area (Å²) in [6.45, 7) is 6.97. The Hall–Kier alpha value is -2.88. The van der Waals surface area contributed by atoms with E-state index >= 15 is 0 Å². The molecule has 1 heterocycles. The van der Waals surface area contributed by atoms with Gasteiger partial charge in [-0.2, -0.15) is 5.10 Å². The maximum atomic E-state index is 11.0. The van der Waals surface area contributed by atoms with Crippen LogP contribution in [0.5, 0.6) is 0 Å². The summed E-state index contributed by atoms with van der Waals surface area (Å²) in [4.78, 5) is 11.0. The van der Waals surface area contributed by atoms with Gasteiger partial charge in [0.15, 0.2) is 0 Å². The molecule has 3 aromatic rings. The van der Waals surface area contributed by atoms with Gasteiger partial charge < -0.3 is 5.11 Å². The second-order valence-electron chi connectivity index (χ2n) is 6.47. The van der Waals surface area contributed by atoms with Crippen molar-refractivity contribution in [1.29, 1.82) is 0 Å². The number of hydrogen-bond acceptors (Lipinski definition) is 2. The first-order valence-electron chi connectivity index (χ1n) is 8.34. The van der Waals surface area contributed by atoms with Gasteiger partial charge in [-0.15, -0.1) is 0 Å². The second-order valence-corrected chi connectivity index (χ2v) is 6.47. The number of carboxylic acids is 1. The van der Waals surface area contributed by atoms with E-state index in [-0.39, 0.29) is 0 Å². The Labute approximate surface area is 147 Å². The van der Waals surface area contributed by atoms with Gasteiger partial charge >= 0.3 is 5.97 Å². The van der Waals surface area contributed by atoms with Gasteiger partial charge in [-0.1, -0.05) is 42.0 Å². The van der Waals surface area contributed by atoms with Crippen molar-refractivity contribution in [2.24, 2.45) is 0 Å². The smallest absolute Gasteiger partial charge is 0.335 e. The number of nitrogens with zero attached hydrogens (tertiary/aromatic N) is 2. The van der Waals surface area contributed by atoms with E-state index < -0.39 is 5.97 Å². The van der Waals surface area contributed by atoms with E-state index in [4.69, 9.17) is 10.2 Å². The van der Waals surface area contributed by atoms with Crippen LogP contribution in [0.25, 0.3) is 0 Å². The molecule has 0 bridgehead atoms. The molecule has 0 fully saturated rings. The van der Waals surface area contributed by atoms with Crippen LogP contribution in [0.4, 0.5) is 0 Å². The Morgan fingerprint density at radius 2 is 1.76 bits per heavy atom. The molecule has 0 aliphatic heterocycles. The molecule has 0 radical (unpaired) electrons. The minimum absolute atomic E-state index is 0.312. The van der Waals surface area contributed by atoms with Gasteiger partial charge in [-0.3, -0.25) is 4.68 Å². The first-order valence-corrected chi connectivity index (χ1v) is 8.34. The number of carbonyl (C=O) groups is 1. The first-order chi connectivity index (χ1) is 11.9. The number of rotatable bonds is 5. The van der Waals surface area contributed by atoms with E-state index in [1.807, 2.05) is 23.7 Å². The van der Waals surface area contributed by atoms with E-state index in [1.165, 1.54) is 16.7 Å². The number of benzene rings is 2. The lowest BCUT2D eigenvalue weighted by molar-refractivity contribution is 0.0697. The van der Waals surface area contributed by atoms with Gasteiger partial charge in [0, 0.05) is 17.7 Å². The summed E-state index contributed by atoms with van der Waals surface area (Å²) in [6.07, 6.45) is 0.755. The molecule has 1 aromatic heterocycles. The van der Waals surface area contributed by atoms with E-state index in [0.29, 0.717) is 5.56 Å². The van der Waals surface area contributed by atoms with Crippen LogP contribution < -0.4 is 0 Å². The number of aryl methyl sites for hydroxylation is 2. The molecule has 0 aliphatic rings. The lowest BCUT2D eigenvalue weighted by Gasteiger charge is -2.07. The maximum Gasteiger partial charge on any atom is 0.335 e. The standard InChI is InChI=1S/C21H22N2O2/c1-14-5-4-6-18(11-14)13-23-16(3)20(15(2)22-23)12-17-7-9-19(10-8-17)21(24)25/h4-11H,12-13H2,1-3H3,(H,24,25). The minimum Gasteiger partial charge on any atom is -0.478 e. The molecule has 0 saturated heterocycles. The van der Waals surface area contributed by atoms with Gasteiger partial charge in [0.2, 0.25) is 0 Å². The number of aromatic nitrogens is 2. The topological polar surface area (TPSA) is 55.1 Å². The van der Waals surface area contributed by atoms with E-state index in [1.54, 1.807) is 12.1 Å². The molecule has 0 amide bonds. The van der Waals surface area contributed by atoms with Gasteiger partial charge in [0.1, 0.15) is 0 Å². The molecular weight excluding hydrogens is 312 g/mol. The predicted molar refractivity (Wildman–Crippen MR) is 98.2 cm³/mol. The second kappa shape index (κ2) is 6.93. The third-order valence-corrected chi connectivity index (χ3v) is 4.53. The largest absolute Gasteiger partial charge is 0.478 e. The minimum atomic E-state index is -0.898. The monoisotopic (exact) mass is 334 g/mol. The Balaban J connectivity index is 1.83. The van der Waals surface area contributed by atoms with Crippen molar-refractivity contribution in [2.75, 3.05) is 0 Å². The van der Waals surface area contributed by atoms with Crippen LogP contribution in [0.15, 0.2) is 48.5 Å². The highest BCUT2D eigenvalue weighted by Crippen LogP contribution is 2.19. The van der Waals surface area contributed by atoms with Gasteiger partial charge in [-0.05, 0) is 44.0 Å². The zero-order valence-corrected chi connectivity index (χ0v) is 14.8. The summed E-state index contributed by atoms with van der Waals surface area (Å²) in [7, 11) is 0. The molecule has 25 heavy (non-hydrogen) atoms. The highest BCUT2D eigenvalue weighted by Gasteiger charge is 2.13. The van der Waals surface area contributed by atoms with E-state index in [9.17, 15) is 4.79 Å². The zero-order valence-electron chi connectivity index (χ0n) is 14.8. The summed E-state index contributed by atoms with van der Waals surface area (Å²) in [5.74, 6) is -0.898. The van der Waals surface area contributed by atoms with E-state index in [2.05, 4.69) is 38.1 Å². The fourth-order valence-electron chi connectivity index (χ4n) is 3.10. The molecule has 3 rings (SSSR count). The summed E-state index contributed by atoms with van der Waals surface area (Å²) in [6, 6.07) is 15.5. The third kappa shape index (κ3) is 3.79. The van der Waals surface area contributed by atoms with Gasteiger partial charge in [0.05, 0.1) is 17.8 Å². The Kier molecular flexibility index (Phi) is 4.70. The number of aromatic carboxylic acids is 1. The molecule has 4 heteroatoms. The number of hydrogen-bond donors (Lipinski definition) is 1. The van der Waals surface area contributed by atoms with Crippen LogP contribution in [0, 0.1) is 20.8 Å². The summed E-state index contributed by atoms with van der Waals surface area (Å²) in [5, 5.41) is 13.7. The highest BCUT2D eigenvalue weighted by molar-refractivity contribution is 5.87. The van der Waals surface area contributed by atoms with Crippen LogP contribution in [-0.4, -0.2) is 20.9 Å². The molecule has 0 spiro atoms. The van der Waals surface area contributed by atoms with Crippen molar-refractivity contribution in [1.82, 2.24) is 9.78 Å². The molecule has 0 unspecified atom stereocenters. The van der Waals surface area contributed by atoms with Crippen molar-refractivity contribution in [2.45, 2.75) is 33.7 Å². The van der Waals surface area contributed by atoms with Crippen LogP contribution in [0.2, 0.25) is 0 Å². The number of carboxylic acid groups (broad SMARTS) is 1. The summed E-state index contributed by atoms with van der Waals surface area (Å²) < 4.78 is 2.05. The SMILES string of the molecule is Cc1cccc(Cn2nc(C)c(Cc3ccc(C(=O)O)cc3)c2C)c1. The average Bonchev–Trinajstić information content (AvgIpc) is 2.83. The third-order valence-electron chi connectivity index (χ3n) is 4.53. The molecule has 1 N–H and O–H groups in total. The van der Waals surface area contributed by atoms with Crippen molar-refractivity contribution >= 4 is 5.97 Å². The van der Waals surface area contributed by atoms with Crippen LogP contribution in [-0.2, 0) is 13.0 Å². The molecule has 2 aromatic carbocycles. The van der Waals surface area contributed by atoms with Crippen molar-refractivity contribution in [3.05, 3.63) is 87.7 Å². The predicted octanol–water partition coefficient (Wildman–Crippen LogP) is 4.15. The molecular formula is C21H22N2O2. The van der Waals surface area contributed by atoms with Crippen LogP contribution >= 0.6 is 0 Å². The fourth-order valence-corrected chi connectivity index (χ4v) is 3.10.